The number of alkyl halides is 16. The van der Waals surface area contributed by atoms with Gasteiger partial charge in [0.15, 0.2) is 8.09 Å². The van der Waals surface area contributed by atoms with Crippen LogP contribution in [-0.2, 0) is 0 Å². The van der Waals surface area contributed by atoms with E-state index in [0.717, 1.165) is 0 Å². The predicted molar refractivity (Wildman–Crippen MR) is 121 cm³/mol. The van der Waals surface area contributed by atoms with E-state index in [0.29, 0.717) is 0 Å². The molecule has 0 radical (unpaired) electrons. The maximum absolute atomic E-state index is 5.11. The third-order valence-electron chi connectivity index (χ3n) is 0.190. The van der Waals surface area contributed by atoms with Gasteiger partial charge < -0.3 is 0 Å². The van der Waals surface area contributed by atoms with Gasteiger partial charge in [0.1, 0.15) is 9.67 Å². The van der Waals surface area contributed by atoms with Gasteiger partial charge in [-0.25, -0.2) is 0 Å². The summed E-state index contributed by atoms with van der Waals surface area (Å²) in [6.07, 6.45) is 0. The standard InChI is InChI=1S/C2H2Cl4.C2H3Cl3.CCl4.CHCl3.CH2Cl2/c3-1(4)2(5)6;1-2(3,4)5;2-1(3,4)5;2-1(3)4;2-1-3/h1-2H;1H3;;1H;1H2. The molecule has 0 bridgehead atoms. The smallest absolute Gasteiger partial charge is 0.109 e. The van der Waals surface area contributed by atoms with Crippen molar-refractivity contribution in [1.82, 2.24) is 0 Å². The minimum atomic E-state index is -1.61. The number of halogens is 16. The summed E-state index contributed by atoms with van der Waals surface area (Å²) in [5.41, 5.74) is 0. The third-order valence-corrected chi connectivity index (χ3v) is 1.71. The molecule has 0 aromatic heterocycles. The summed E-state index contributed by atoms with van der Waals surface area (Å²) in [6, 6.07) is 0. The van der Waals surface area contributed by atoms with Crippen LogP contribution < -0.4 is 0 Å². The lowest BCUT2D eigenvalue weighted by atomic mass is 10.9. The Morgan fingerprint density at radius 3 is 0.652 bits per heavy atom. The lowest BCUT2D eigenvalue weighted by molar-refractivity contribution is 1.27. The van der Waals surface area contributed by atoms with Crippen molar-refractivity contribution in [3.8, 4) is 0 Å². The minimum Gasteiger partial charge on any atom is -0.109 e. The topological polar surface area (TPSA) is 0 Å². The maximum atomic E-state index is 5.11. The van der Waals surface area contributed by atoms with E-state index in [2.05, 4.69) is 0 Å². The van der Waals surface area contributed by atoms with Gasteiger partial charge in [0.25, 0.3) is 3.25 Å². The second kappa shape index (κ2) is 24.7. The molecule has 0 nitrogen and oxygen atoms in total. The fourth-order valence-electron chi connectivity index (χ4n) is 0. The molecule has 23 heavy (non-hydrogen) atoms. The zero-order valence-corrected chi connectivity index (χ0v) is 22.6. The van der Waals surface area contributed by atoms with Crippen LogP contribution in [0.15, 0.2) is 0 Å². The first-order chi connectivity index (χ1) is 9.79. The summed E-state index contributed by atoms with van der Waals surface area (Å²) in [7, 11) is 0. The van der Waals surface area contributed by atoms with Crippen LogP contribution in [0.1, 0.15) is 6.92 Å². The summed E-state index contributed by atoms with van der Waals surface area (Å²) < 4.78 is -3.44. The Morgan fingerprint density at radius 1 is 0.609 bits per heavy atom. The monoisotopic (exact) mass is 652 g/mol. The molecular weight excluding hydrogens is 651 g/mol. The Labute approximate surface area is 216 Å². The van der Waals surface area contributed by atoms with Crippen LogP contribution in [0.2, 0.25) is 0 Å². The van der Waals surface area contributed by atoms with Gasteiger partial charge in [-0.2, -0.15) is 0 Å². The van der Waals surface area contributed by atoms with E-state index in [1.807, 2.05) is 0 Å². The Kier molecular flexibility index (Phi) is 41.1. The van der Waals surface area contributed by atoms with Crippen LogP contribution in [0.25, 0.3) is 0 Å². The zero-order chi connectivity index (χ0) is 20.4. The maximum Gasteiger partial charge on any atom is 0.266 e. The number of hydrogen-bond donors (Lipinski definition) is 0. The van der Waals surface area contributed by atoms with Gasteiger partial charge >= 0.3 is 0 Å². The van der Waals surface area contributed by atoms with Crippen LogP contribution in [0.3, 0.4) is 0 Å². The van der Waals surface area contributed by atoms with Crippen molar-refractivity contribution in [2.24, 2.45) is 0 Å². The molecule has 0 unspecified atom stereocenters. The largest absolute Gasteiger partial charge is 0.266 e. The van der Waals surface area contributed by atoms with Crippen molar-refractivity contribution in [2.75, 3.05) is 5.34 Å². The highest BCUT2D eigenvalue weighted by Crippen LogP contribution is 2.29. The Balaban J connectivity index is -0.0000000598. The molecule has 0 aliphatic heterocycles. The number of hydrogen-bond acceptors (Lipinski definition) is 0. The zero-order valence-electron chi connectivity index (χ0n) is 10.5. The van der Waals surface area contributed by atoms with Gasteiger partial charge in [-0.3, -0.25) is 0 Å². The van der Waals surface area contributed by atoms with Crippen molar-refractivity contribution in [2.45, 2.75) is 27.9 Å². The van der Waals surface area contributed by atoms with E-state index >= 15 is 0 Å². The second-order valence-electron chi connectivity index (χ2n) is 2.23. The average molecular weight is 659 g/mol. The van der Waals surface area contributed by atoms with Crippen molar-refractivity contribution in [3.05, 3.63) is 0 Å². The van der Waals surface area contributed by atoms with Crippen molar-refractivity contribution < 1.29 is 0 Å². The molecule has 16 heteroatoms. The van der Waals surface area contributed by atoms with Crippen LogP contribution in [-0.4, -0.2) is 26.4 Å². The van der Waals surface area contributed by atoms with E-state index in [-0.39, 0.29) is 5.34 Å². The highest BCUT2D eigenvalue weighted by molar-refractivity contribution is 6.83. The average Bonchev–Trinajstić information content (AvgIpc) is 2.11. The highest BCUT2D eigenvalue weighted by atomic mass is 35.6. The summed E-state index contributed by atoms with van der Waals surface area (Å²) in [6.45, 7) is 1.48. The molecule has 0 amide bonds. The normalized spacial score (nSPS) is 10.4. The lowest BCUT2D eigenvalue weighted by Gasteiger charge is -1.95. The van der Waals surface area contributed by atoms with Crippen molar-refractivity contribution >= 4 is 186 Å². The Bertz CT molecular complexity index is 159. The first-order valence-corrected chi connectivity index (χ1v) is 11.0. The van der Waals surface area contributed by atoms with E-state index in [4.69, 9.17) is 186 Å². The molecule has 0 saturated heterocycles. The van der Waals surface area contributed by atoms with Crippen LogP contribution >= 0.6 is 186 Å². The van der Waals surface area contributed by atoms with Gasteiger partial charge in [0, 0.05) is 0 Å². The van der Waals surface area contributed by atoms with E-state index < -0.39 is 21.0 Å². The molecule has 0 spiro atoms. The summed E-state index contributed by atoms with van der Waals surface area (Å²) in [5, 5.41) is 0.194. The van der Waals surface area contributed by atoms with Crippen LogP contribution in [0.4, 0.5) is 0 Å². The molecule has 0 fully saturated rings. The SMILES string of the molecule is CC(Cl)(Cl)Cl.ClC(Cl)(Cl)Cl.ClC(Cl)C(Cl)Cl.ClC(Cl)Cl.ClCCl. The Hall–Kier alpha value is 4.64. The third kappa shape index (κ3) is 217. The summed E-state index contributed by atoms with van der Waals surface area (Å²) >= 11 is 78.9. The molecule has 148 valence electrons. The summed E-state index contributed by atoms with van der Waals surface area (Å²) in [5.74, 6) is 0. The van der Waals surface area contributed by atoms with Crippen molar-refractivity contribution in [3.63, 3.8) is 0 Å². The lowest BCUT2D eigenvalue weighted by Crippen LogP contribution is -1.96. The highest BCUT2D eigenvalue weighted by Gasteiger charge is 2.11. The van der Waals surface area contributed by atoms with Gasteiger partial charge in [-0.1, -0.05) is 116 Å². The molecule has 0 aliphatic carbocycles. The Morgan fingerprint density at radius 2 is 0.652 bits per heavy atom. The van der Waals surface area contributed by atoms with Gasteiger partial charge in [0.2, 0.25) is 0 Å². The molecule has 0 saturated carbocycles. The van der Waals surface area contributed by atoms with Crippen molar-refractivity contribution in [1.29, 1.82) is 0 Å². The van der Waals surface area contributed by atoms with Crippen LogP contribution in [0.5, 0.6) is 0 Å². The fourth-order valence-corrected chi connectivity index (χ4v) is 0. The van der Waals surface area contributed by atoms with E-state index in [9.17, 15) is 0 Å². The molecule has 0 heterocycles. The van der Waals surface area contributed by atoms with E-state index in [1.54, 1.807) is 0 Å². The first kappa shape index (κ1) is 38.3. The fraction of sp³-hybridized carbons (Fsp3) is 1.00. The number of rotatable bonds is 1. The molecule has 0 aliphatic rings. The first-order valence-electron chi connectivity index (χ1n) is 4.22. The predicted octanol–water partition coefficient (Wildman–Crippen LogP) is 10.9. The molecular formula is C7H8Cl16. The molecule has 0 atom stereocenters. The summed E-state index contributed by atoms with van der Waals surface area (Å²) in [4.78, 5) is -1.35. The molecule has 0 N–H and O–H groups in total. The quantitative estimate of drug-likeness (QED) is 0.246. The van der Waals surface area contributed by atoms with Crippen LogP contribution in [0, 0.1) is 0 Å². The van der Waals surface area contributed by atoms with E-state index in [1.165, 1.54) is 6.92 Å². The van der Waals surface area contributed by atoms with Gasteiger partial charge in [-0.15, -0.1) is 69.6 Å². The molecule has 0 aromatic rings. The molecule has 0 aromatic carbocycles. The minimum absolute atomic E-state index is 0.194. The second-order valence-corrected chi connectivity index (χ2v) is 13.6. The van der Waals surface area contributed by atoms with Gasteiger partial charge in [0.05, 0.1) is 5.34 Å². The molecule has 0 rings (SSSR count). The van der Waals surface area contributed by atoms with Gasteiger partial charge in [-0.05, 0) is 6.92 Å².